The van der Waals surface area contributed by atoms with Gasteiger partial charge in [-0.25, -0.2) is 0 Å². The molecule has 1 aromatic carbocycles. The lowest BCUT2D eigenvalue weighted by atomic mass is 9.79. The molecule has 1 aromatic rings. The van der Waals surface area contributed by atoms with Crippen LogP contribution in [0.3, 0.4) is 0 Å². The molecular weight excluding hydrogens is 412 g/mol. The first-order chi connectivity index (χ1) is 14.4. The number of aryl methyl sites for hydroxylation is 1. The number of carbonyl (C=O) groups excluding carboxylic acids is 3. The van der Waals surface area contributed by atoms with Gasteiger partial charge in [0.1, 0.15) is 6.54 Å². The molecule has 0 spiro atoms. The summed E-state index contributed by atoms with van der Waals surface area (Å²) in [5, 5.41) is -0.445. The molecule has 2 aliphatic rings. The van der Waals surface area contributed by atoms with Crippen molar-refractivity contribution in [3.63, 3.8) is 0 Å². The zero-order valence-corrected chi connectivity index (χ0v) is 20.3. The van der Waals surface area contributed by atoms with Crippen molar-refractivity contribution in [1.82, 2.24) is 4.90 Å². The van der Waals surface area contributed by atoms with Gasteiger partial charge in [-0.15, -0.1) is 0 Å². The van der Waals surface area contributed by atoms with E-state index in [0.29, 0.717) is 10.8 Å². The second-order valence-corrected chi connectivity index (χ2v) is 10.2. The van der Waals surface area contributed by atoms with Gasteiger partial charge in [0.15, 0.2) is 0 Å². The molecule has 0 N–H and O–H groups in total. The van der Waals surface area contributed by atoms with E-state index in [0.717, 1.165) is 40.8 Å². The number of carbonyl (C=O) groups is 3. The molecule has 168 valence electrons. The molecule has 0 aliphatic carbocycles. The van der Waals surface area contributed by atoms with Gasteiger partial charge in [0, 0.05) is 17.8 Å². The summed E-state index contributed by atoms with van der Waals surface area (Å²) in [4.78, 5) is 40.8. The SMILES string of the molecule is CCN1c2cc(C)c(/C=C3/SC(=O)N(CC(=O)OC(C)C)C3=O)cc2[C@H](C)CC1(C)C. The lowest BCUT2D eigenvalue weighted by molar-refractivity contribution is -0.149. The lowest BCUT2D eigenvalue weighted by Crippen LogP contribution is -2.48. The maximum atomic E-state index is 12.8. The number of fused-ring (bicyclic) bond motifs is 1. The molecule has 0 radical (unpaired) electrons. The van der Waals surface area contributed by atoms with Crippen LogP contribution in [0.1, 0.15) is 70.6 Å². The molecule has 2 heterocycles. The minimum Gasteiger partial charge on any atom is -0.462 e. The van der Waals surface area contributed by atoms with Crippen LogP contribution in [0.4, 0.5) is 10.5 Å². The van der Waals surface area contributed by atoms with Crippen molar-refractivity contribution in [2.45, 2.75) is 72.4 Å². The zero-order chi connectivity index (χ0) is 23.1. The smallest absolute Gasteiger partial charge is 0.326 e. The van der Waals surface area contributed by atoms with Crippen LogP contribution in [0.5, 0.6) is 0 Å². The predicted octanol–water partition coefficient (Wildman–Crippen LogP) is 5.10. The Morgan fingerprint density at radius 2 is 2.00 bits per heavy atom. The number of anilines is 1. The molecule has 6 nitrogen and oxygen atoms in total. The average molecular weight is 445 g/mol. The summed E-state index contributed by atoms with van der Waals surface area (Å²) in [5.41, 5.74) is 4.57. The normalized spacial score (nSPS) is 21.8. The maximum absolute atomic E-state index is 12.8. The van der Waals surface area contributed by atoms with Crippen LogP contribution in [0, 0.1) is 6.92 Å². The summed E-state index contributed by atoms with van der Waals surface area (Å²) in [6.07, 6.45) is 2.53. The molecule has 0 aromatic heterocycles. The van der Waals surface area contributed by atoms with Crippen molar-refractivity contribution in [2.24, 2.45) is 0 Å². The molecule has 1 atom stereocenters. The largest absolute Gasteiger partial charge is 0.462 e. The van der Waals surface area contributed by atoms with Crippen LogP contribution in [0.25, 0.3) is 6.08 Å². The number of hydrogen-bond acceptors (Lipinski definition) is 6. The van der Waals surface area contributed by atoms with E-state index in [4.69, 9.17) is 4.74 Å². The topological polar surface area (TPSA) is 66.9 Å². The Kier molecular flexibility index (Phi) is 6.56. The number of imide groups is 1. The Labute approximate surface area is 189 Å². The van der Waals surface area contributed by atoms with Gasteiger partial charge in [0.05, 0.1) is 11.0 Å². The number of amides is 2. The second kappa shape index (κ2) is 8.69. The zero-order valence-electron chi connectivity index (χ0n) is 19.4. The van der Waals surface area contributed by atoms with Gasteiger partial charge in [-0.05, 0) is 101 Å². The van der Waals surface area contributed by atoms with Crippen LogP contribution in [0.15, 0.2) is 17.0 Å². The molecule has 0 saturated carbocycles. The predicted molar refractivity (Wildman–Crippen MR) is 125 cm³/mol. The summed E-state index contributed by atoms with van der Waals surface area (Å²) >= 11 is 0.870. The Balaban J connectivity index is 1.91. The first kappa shape index (κ1) is 23.4. The van der Waals surface area contributed by atoms with Crippen molar-refractivity contribution in [3.05, 3.63) is 33.7 Å². The standard InChI is InChI=1S/C24H32N2O4S/c1-8-26-19-9-15(4)17(10-18(19)16(5)12-24(26,6)7)11-20-22(28)25(23(29)31-20)13-21(27)30-14(2)3/h9-11,14,16H,8,12-13H2,1-7H3/b20-11+/t16-/m1/s1. The second-order valence-electron chi connectivity index (χ2n) is 9.24. The molecule has 2 aliphatic heterocycles. The highest BCUT2D eigenvalue weighted by Gasteiger charge is 2.38. The summed E-state index contributed by atoms with van der Waals surface area (Å²) < 4.78 is 5.07. The van der Waals surface area contributed by atoms with Crippen LogP contribution in [-0.2, 0) is 14.3 Å². The van der Waals surface area contributed by atoms with Gasteiger partial charge in [0.25, 0.3) is 11.1 Å². The van der Waals surface area contributed by atoms with E-state index in [2.05, 4.69) is 44.7 Å². The molecule has 0 bridgehead atoms. The highest BCUT2D eigenvalue weighted by Crippen LogP contribution is 2.44. The molecule has 0 unspecified atom stereocenters. The molecule has 3 rings (SSSR count). The molecule has 1 saturated heterocycles. The summed E-state index contributed by atoms with van der Waals surface area (Å²) in [6.45, 7) is 15.0. The van der Waals surface area contributed by atoms with Crippen molar-refractivity contribution in [2.75, 3.05) is 18.0 Å². The number of ether oxygens (including phenoxy) is 1. The first-order valence-corrected chi connectivity index (χ1v) is 11.6. The Morgan fingerprint density at radius 3 is 2.61 bits per heavy atom. The van der Waals surface area contributed by atoms with Crippen molar-refractivity contribution in [3.8, 4) is 0 Å². The minimum absolute atomic E-state index is 0.0857. The van der Waals surface area contributed by atoms with E-state index in [1.54, 1.807) is 19.9 Å². The highest BCUT2D eigenvalue weighted by atomic mass is 32.2. The van der Waals surface area contributed by atoms with E-state index in [1.165, 1.54) is 11.3 Å². The molecule has 31 heavy (non-hydrogen) atoms. The molecular formula is C24H32N2O4S. The molecule has 2 amide bonds. The molecule has 1 fully saturated rings. The number of thioether (sulfide) groups is 1. The van der Waals surface area contributed by atoms with Crippen LogP contribution in [0.2, 0.25) is 0 Å². The van der Waals surface area contributed by atoms with Gasteiger partial charge in [-0.3, -0.25) is 19.3 Å². The average Bonchev–Trinajstić information content (AvgIpc) is 2.89. The van der Waals surface area contributed by atoms with Crippen molar-refractivity contribution < 1.29 is 19.1 Å². The maximum Gasteiger partial charge on any atom is 0.326 e. The van der Waals surface area contributed by atoms with E-state index in [1.807, 2.05) is 6.92 Å². The Morgan fingerprint density at radius 1 is 1.32 bits per heavy atom. The van der Waals surface area contributed by atoms with Gasteiger partial charge in [-0.2, -0.15) is 0 Å². The fourth-order valence-corrected chi connectivity index (χ4v) is 5.44. The van der Waals surface area contributed by atoms with Gasteiger partial charge in [-0.1, -0.05) is 6.92 Å². The van der Waals surface area contributed by atoms with Gasteiger partial charge >= 0.3 is 5.97 Å². The lowest BCUT2D eigenvalue weighted by Gasteiger charge is -2.47. The number of benzene rings is 1. The van der Waals surface area contributed by atoms with E-state index in [-0.39, 0.29) is 18.2 Å². The summed E-state index contributed by atoms with van der Waals surface area (Å²) in [6, 6.07) is 4.33. The van der Waals surface area contributed by atoms with Gasteiger partial charge < -0.3 is 9.64 Å². The minimum atomic E-state index is -0.584. The molecule has 7 heteroatoms. The number of nitrogens with zero attached hydrogens (tertiary/aromatic N) is 2. The number of hydrogen-bond donors (Lipinski definition) is 0. The third-order valence-electron chi connectivity index (χ3n) is 5.90. The van der Waals surface area contributed by atoms with Crippen molar-refractivity contribution in [1.29, 1.82) is 0 Å². The van der Waals surface area contributed by atoms with Crippen molar-refractivity contribution >= 4 is 40.6 Å². The van der Waals surface area contributed by atoms with Crippen LogP contribution < -0.4 is 4.90 Å². The summed E-state index contributed by atoms with van der Waals surface area (Å²) in [7, 11) is 0. The van der Waals surface area contributed by atoms with E-state index >= 15 is 0 Å². The van der Waals surface area contributed by atoms with Gasteiger partial charge in [0.2, 0.25) is 0 Å². The number of esters is 1. The third-order valence-corrected chi connectivity index (χ3v) is 6.81. The van der Waals surface area contributed by atoms with E-state index in [9.17, 15) is 14.4 Å². The third kappa shape index (κ3) is 4.66. The fraction of sp³-hybridized carbons (Fsp3) is 0.542. The van der Waals surface area contributed by atoms with Crippen LogP contribution in [-0.4, -0.2) is 46.7 Å². The van der Waals surface area contributed by atoms with Crippen LogP contribution >= 0.6 is 11.8 Å². The number of rotatable bonds is 5. The highest BCUT2D eigenvalue weighted by molar-refractivity contribution is 8.18. The Bertz CT molecular complexity index is 951. The Hall–Kier alpha value is -2.28. The summed E-state index contributed by atoms with van der Waals surface area (Å²) in [5.74, 6) is -0.641. The monoisotopic (exact) mass is 444 g/mol. The fourth-order valence-electron chi connectivity index (χ4n) is 4.61. The quantitative estimate of drug-likeness (QED) is 0.465. The van der Waals surface area contributed by atoms with E-state index < -0.39 is 17.1 Å². The first-order valence-electron chi connectivity index (χ1n) is 10.8.